The van der Waals surface area contributed by atoms with Gasteiger partial charge in [0.15, 0.2) is 0 Å². The molecule has 4 heteroatoms. The summed E-state index contributed by atoms with van der Waals surface area (Å²) in [6, 6.07) is 0.518. The van der Waals surface area contributed by atoms with Crippen molar-refractivity contribution in [2.75, 3.05) is 17.2 Å². The maximum absolute atomic E-state index is 4.38. The van der Waals surface area contributed by atoms with Crippen LogP contribution in [0.4, 0.5) is 11.6 Å². The highest BCUT2D eigenvalue weighted by Crippen LogP contribution is 2.34. The molecule has 2 rings (SSSR count). The summed E-state index contributed by atoms with van der Waals surface area (Å²) < 4.78 is 0. The lowest BCUT2D eigenvalue weighted by molar-refractivity contribution is 0.688. The summed E-state index contributed by atoms with van der Waals surface area (Å²) >= 11 is 0. The van der Waals surface area contributed by atoms with Crippen LogP contribution in [0.25, 0.3) is 0 Å². The molecule has 1 aliphatic rings. The van der Waals surface area contributed by atoms with Crippen LogP contribution in [0.1, 0.15) is 39.2 Å². The third-order valence-electron chi connectivity index (χ3n) is 3.34. The first-order valence-electron chi connectivity index (χ1n) is 6.60. The standard InChI is InChI=1S/C13H22N4/c1-4-11-12(14-5-2)15-8-16-13(11)17-9(3)10-6-7-10/h8-10H,4-7H2,1-3H3,(H2,14,15,16,17). The van der Waals surface area contributed by atoms with Gasteiger partial charge in [0.25, 0.3) is 0 Å². The van der Waals surface area contributed by atoms with Crippen LogP contribution in [0, 0.1) is 5.92 Å². The van der Waals surface area contributed by atoms with E-state index in [9.17, 15) is 0 Å². The number of anilines is 2. The van der Waals surface area contributed by atoms with Crippen molar-refractivity contribution in [3.63, 3.8) is 0 Å². The highest BCUT2D eigenvalue weighted by atomic mass is 15.1. The topological polar surface area (TPSA) is 49.8 Å². The first-order chi connectivity index (χ1) is 8.26. The Kier molecular flexibility index (Phi) is 3.82. The van der Waals surface area contributed by atoms with Gasteiger partial charge in [-0.25, -0.2) is 9.97 Å². The first-order valence-corrected chi connectivity index (χ1v) is 6.60. The largest absolute Gasteiger partial charge is 0.370 e. The van der Waals surface area contributed by atoms with E-state index in [4.69, 9.17) is 0 Å². The Morgan fingerprint density at radius 2 is 2.00 bits per heavy atom. The molecule has 0 bridgehead atoms. The Balaban J connectivity index is 2.16. The molecule has 1 heterocycles. The molecule has 1 fully saturated rings. The molecular formula is C13H22N4. The van der Waals surface area contributed by atoms with Crippen molar-refractivity contribution in [2.45, 2.75) is 46.1 Å². The van der Waals surface area contributed by atoms with Crippen LogP contribution in [-0.4, -0.2) is 22.6 Å². The molecule has 0 spiro atoms. The number of rotatable bonds is 6. The van der Waals surface area contributed by atoms with Crippen molar-refractivity contribution in [1.82, 2.24) is 9.97 Å². The molecule has 4 nitrogen and oxygen atoms in total. The van der Waals surface area contributed by atoms with Gasteiger partial charge in [-0.2, -0.15) is 0 Å². The van der Waals surface area contributed by atoms with Gasteiger partial charge >= 0.3 is 0 Å². The lowest BCUT2D eigenvalue weighted by atomic mass is 10.1. The van der Waals surface area contributed by atoms with Crippen molar-refractivity contribution < 1.29 is 0 Å². The summed E-state index contributed by atoms with van der Waals surface area (Å²) in [5, 5.41) is 6.83. The molecule has 0 aromatic carbocycles. The summed E-state index contributed by atoms with van der Waals surface area (Å²) in [7, 11) is 0. The maximum Gasteiger partial charge on any atom is 0.134 e. The molecule has 1 aromatic heterocycles. The van der Waals surface area contributed by atoms with E-state index in [1.165, 1.54) is 18.4 Å². The highest BCUT2D eigenvalue weighted by Gasteiger charge is 2.28. The Morgan fingerprint density at radius 3 is 2.59 bits per heavy atom. The van der Waals surface area contributed by atoms with E-state index >= 15 is 0 Å². The van der Waals surface area contributed by atoms with Gasteiger partial charge in [0, 0.05) is 18.2 Å². The van der Waals surface area contributed by atoms with Crippen LogP contribution >= 0.6 is 0 Å². The summed E-state index contributed by atoms with van der Waals surface area (Å²) in [6.07, 6.45) is 5.28. The second kappa shape index (κ2) is 5.34. The minimum atomic E-state index is 0.518. The number of aromatic nitrogens is 2. The molecule has 0 aliphatic heterocycles. The third kappa shape index (κ3) is 2.87. The smallest absolute Gasteiger partial charge is 0.134 e. The average Bonchev–Trinajstić information content (AvgIpc) is 3.13. The molecule has 0 saturated heterocycles. The van der Waals surface area contributed by atoms with E-state index in [1.54, 1.807) is 6.33 Å². The average molecular weight is 234 g/mol. The van der Waals surface area contributed by atoms with E-state index in [1.807, 2.05) is 0 Å². The molecule has 1 saturated carbocycles. The van der Waals surface area contributed by atoms with Crippen LogP contribution in [0.3, 0.4) is 0 Å². The Bertz CT molecular complexity index is 374. The van der Waals surface area contributed by atoms with Gasteiger partial charge < -0.3 is 10.6 Å². The maximum atomic E-state index is 4.38. The quantitative estimate of drug-likeness (QED) is 0.794. The normalized spacial score (nSPS) is 16.6. The van der Waals surface area contributed by atoms with Crippen molar-refractivity contribution in [3.8, 4) is 0 Å². The lowest BCUT2D eigenvalue weighted by Gasteiger charge is -2.18. The van der Waals surface area contributed by atoms with E-state index in [0.29, 0.717) is 6.04 Å². The fraction of sp³-hybridized carbons (Fsp3) is 0.692. The van der Waals surface area contributed by atoms with E-state index < -0.39 is 0 Å². The fourth-order valence-electron chi connectivity index (χ4n) is 2.12. The zero-order valence-corrected chi connectivity index (χ0v) is 11.0. The first kappa shape index (κ1) is 12.1. The monoisotopic (exact) mass is 234 g/mol. The van der Waals surface area contributed by atoms with E-state index in [0.717, 1.165) is 30.5 Å². The molecular weight excluding hydrogens is 212 g/mol. The lowest BCUT2D eigenvalue weighted by Crippen LogP contribution is -2.20. The number of hydrogen-bond donors (Lipinski definition) is 2. The van der Waals surface area contributed by atoms with E-state index in [-0.39, 0.29) is 0 Å². The van der Waals surface area contributed by atoms with Crippen molar-refractivity contribution >= 4 is 11.6 Å². The van der Waals surface area contributed by atoms with Crippen LogP contribution in [0.5, 0.6) is 0 Å². The number of nitrogens with one attached hydrogen (secondary N) is 2. The zero-order chi connectivity index (χ0) is 12.3. The highest BCUT2D eigenvalue weighted by molar-refractivity contribution is 5.57. The fourth-order valence-corrected chi connectivity index (χ4v) is 2.12. The van der Waals surface area contributed by atoms with Crippen LogP contribution in [0.15, 0.2) is 6.33 Å². The van der Waals surface area contributed by atoms with Gasteiger partial charge in [-0.3, -0.25) is 0 Å². The molecule has 1 atom stereocenters. The molecule has 1 aliphatic carbocycles. The van der Waals surface area contributed by atoms with Crippen LogP contribution in [-0.2, 0) is 6.42 Å². The van der Waals surface area contributed by atoms with Crippen LogP contribution < -0.4 is 10.6 Å². The molecule has 17 heavy (non-hydrogen) atoms. The second-order valence-corrected chi connectivity index (χ2v) is 4.70. The molecule has 1 aromatic rings. The Labute approximate surface area is 103 Å². The van der Waals surface area contributed by atoms with Gasteiger partial charge in [-0.1, -0.05) is 6.92 Å². The van der Waals surface area contributed by atoms with Gasteiger partial charge in [0.05, 0.1) is 0 Å². The molecule has 0 radical (unpaired) electrons. The van der Waals surface area contributed by atoms with Crippen molar-refractivity contribution in [3.05, 3.63) is 11.9 Å². The van der Waals surface area contributed by atoms with Gasteiger partial charge in [-0.05, 0) is 39.0 Å². The van der Waals surface area contributed by atoms with Crippen LogP contribution in [0.2, 0.25) is 0 Å². The Hall–Kier alpha value is -1.32. The minimum Gasteiger partial charge on any atom is -0.370 e. The third-order valence-corrected chi connectivity index (χ3v) is 3.34. The summed E-state index contributed by atoms with van der Waals surface area (Å²) in [5.74, 6) is 2.80. The summed E-state index contributed by atoms with van der Waals surface area (Å²) in [5.41, 5.74) is 1.20. The minimum absolute atomic E-state index is 0.518. The predicted octanol–water partition coefficient (Wildman–Crippen LogP) is 2.68. The van der Waals surface area contributed by atoms with Crippen molar-refractivity contribution in [1.29, 1.82) is 0 Å². The van der Waals surface area contributed by atoms with Gasteiger partial charge in [0.2, 0.25) is 0 Å². The number of nitrogens with zero attached hydrogens (tertiary/aromatic N) is 2. The summed E-state index contributed by atoms with van der Waals surface area (Å²) in [6.45, 7) is 7.36. The zero-order valence-electron chi connectivity index (χ0n) is 11.0. The summed E-state index contributed by atoms with van der Waals surface area (Å²) in [4.78, 5) is 8.69. The molecule has 1 unspecified atom stereocenters. The molecule has 2 N–H and O–H groups in total. The van der Waals surface area contributed by atoms with Gasteiger partial charge in [0.1, 0.15) is 18.0 Å². The van der Waals surface area contributed by atoms with Crippen molar-refractivity contribution in [2.24, 2.45) is 5.92 Å². The predicted molar refractivity (Wildman–Crippen MR) is 71.4 cm³/mol. The van der Waals surface area contributed by atoms with Gasteiger partial charge in [-0.15, -0.1) is 0 Å². The number of hydrogen-bond acceptors (Lipinski definition) is 4. The molecule has 94 valence electrons. The van der Waals surface area contributed by atoms with E-state index in [2.05, 4.69) is 41.4 Å². The Morgan fingerprint density at radius 1 is 1.29 bits per heavy atom. The second-order valence-electron chi connectivity index (χ2n) is 4.70. The SMILES string of the molecule is CCNc1ncnc(NC(C)C2CC2)c1CC. The molecule has 0 amide bonds.